The molecular weight excluding hydrogens is 503 g/mol. The minimum absolute atomic E-state index is 0.149. The van der Waals surface area contributed by atoms with E-state index in [-0.39, 0.29) is 11.8 Å². The third-order valence-electron chi connectivity index (χ3n) is 6.87. The molecule has 0 radical (unpaired) electrons. The summed E-state index contributed by atoms with van der Waals surface area (Å²) in [5.74, 6) is -1.94. The van der Waals surface area contributed by atoms with Crippen molar-refractivity contribution in [1.82, 2.24) is 16.0 Å². The van der Waals surface area contributed by atoms with Gasteiger partial charge in [-0.25, -0.2) is 4.79 Å². The van der Waals surface area contributed by atoms with Crippen LogP contribution in [0.25, 0.3) is 0 Å². The third kappa shape index (κ3) is 6.83. The molecule has 0 bridgehead atoms. The normalized spacial score (nSPS) is 18.9. The lowest BCUT2D eigenvalue weighted by molar-refractivity contribution is -0.192. The lowest BCUT2D eigenvalue weighted by Gasteiger charge is -2.24. The molecule has 8 nitrogen and oxygen atoms in total. The van der Waals surface area contributed by atoms with Crippen LogP contribution in [-0.2, 0) is 10.2 Å². The van der Waals surface area contributed by atoms with Crippen molar-refractivity contribution in [1.29, 1.82) is 0 Å². The molecule has 2 heterocycles. The number of hydrogen-bond donors (Lipinski definition) is 4. The average molecular weight is 536 g/mol. The van der Waals surface area contributed by atoms with Gasteiger partial charge in [-0.2, -0.15) is 13.2 Å². The number of aliphatic carboxylic acids is 1. The van der Waals surface area contributed by atoms with E-state index < -0.39 is 17.6 Å². The number of carboxylic acids is 1. The third-order valence-corrected chi connectivity index (χ3v) is 6.87. The van der Waals surface area contributed by atoms with Gasteiger partial charge in [-0.15, -0.1) is 0 Å². The number of benzene rings is 2. The number of nitrogens with one attached hydrogen (secondary N) is 3. The van der Waals surface area contributed by atoms with Crippen LogP contribution in [0.4, 0.5) is 13.2 Å². The summed E-state index contributed by atoms with van der Waals surface area (Å²) in [6.07, 6.45) is -1.80. The Morgan fingerprint density at radius 2 is 1.74 bits per heavy atom. The molecule has 0 aliphatic carbocycles. The van der Waals surface area contributed by atoms with E-state index in [9.17, 15) is 22.8 Å². The molecule has 2 amide bonds. The van der Waals surface area contributed by atoms with E-state index in [1.807, 2.05) is 24.3 Å². The van der Waals surface area contributed by atoms with Crippen molar-refractivity contribution < 1.29 is 37.4 Å². The maximum absolute atomic E-state index is 13.0. The monoisotopic (exact) mass is 535 g/mol. The van der Waals surface area contributed by atoms with E-state index in [1.165, 1.54) is 0 Å². The molecule has 2 aromatic rings. The Balaban J connectivity index is 0.000000505. The molecule has 0 spiro atoms. The molecule has 1 fully saturated rings. The number of halogens is 3. The van der Waals surface area contributed by atoms with Crippen molar-refractivity contribution >= 4 is 17.8 Å². The summed E-state index contributed by atoms with van der Waals surface area (Å²) in [5.41, 5.74) is 2.45. The predicted molar refractivity (Wildman–Crippen MR) is 134 cm³/mol. The Morgan fingerprint density at radius 3 is 2.32 bits per heavy atom. The fourth-order valence-electron chi connectivity index (χ4n) is 4.63. The number of ether oxygens (including phenoxy) is 1. The summed E-state index contributed by atoms with van der Waals surface area (Å²) in [4.78, 5) is 34.5. The van der Waals surface area contributed by atoms with Crippen molar-refractivity contribution in [2.45, 2.75) is 37.8 Å². The number of amides is 2. The molecule has 0 unspecified atom stereocenters. The second-order valence-electron chi connectivity index (χ2n) is 9.51. The van der Waals surface area contributed by atoms with Gasteiger partial charge in [0.05, 0.1) is 11.0 Å². The van der Waals surface area contributed by atoms with E-state index in [1.54, 1.807) is 13.1 Å². The van der Waals surface area contributed by atoms with Crippen molar-refractivity contribution in [3.8, 4) is 5.75 Å². The summed E-state index contributed by atoms with van der Waals surface area (Å²) < 4.78 is 37.8. The van der Waals surface area contributed by atoms with Gasteiger partial charge in [0.1, 0.15) is 12.4 Å². The van der Waals surface area contributed by atoms with Gasteiger partial charge in [-0.05, 0) is 62.9 Å². The lowest BCUT2D eigenvalue weighted by Crippen LogP contribution is -2.31. The Morgan fingerprint density at radius 1 is 1.11 bits per heavy atom. The van der Waals surface area contributed by atoms with Crippen LogP contribution in [0.15, 0.2) is 42.5 Å². The topological polar surface area (TPSA) is 117 Å². The standard InChI is InChI=1S/C25H31N3O3.C2HF3O2/c1-25(19-6-4-3-5-7-19)16-31-22-20(24(30)26-2)14-18(15-21(22)25)23(29)28-13-10-17-8-11-27-12-9-17;3-2(4,5)1(6)7/h3-7,14-15,17,27H,8-13,16H2,1-2H3,(H,26,30)(H,28,29);(H,6,7)/t25-;/m1./s1. The highest BCUT2D eigenvalue weighted by molar-refractivity contribution is 6.02. The fraction of sp³-hybridized carbons (Fsp3) is 0.444. The maximum Gasteiger partial charge on any atom is 0.490 e. The number of piperidine rings is 1. The SMILES string of the molecule is CNC(=O)c1cc(C(=O)NCCC2CCNCC2)cc2c1OC[C@]2(C)c1ccccc1.O=C(O)C(F)(F)F. The summed E-state index contributed by atoms with van der Waals surface area (Å²) in [7, 11) is 1.59. The van der Waals surface area contributed by atoms with E-state index in [0.717, 1.165) is 43.5 Å². The van der Waals surface area contributed by atoms with Crippen LogP contribution in [0.3, 0.4) is 0 Å². The highest BCUT2D eigenvalue weighted by atomic mass is 19.4. The fourth-order valence-corrected chi connectivity index (χ4v) is 4.63. The maximum atomic E-state index is 13.0. The van der Waals surface area contributed by atoms with Gasteiger partial charge in [0, 0.05) is 24.7 Å². The number of rotatable bonds is 6. The van der Waals surface area contributed by atoms with Gasteiger partial charge in [0.25, 0.3) is 11.8 Å². The second kappa shape index (κ2) is 12.3. The van der Waals surface area contributed by atoms with Crippen LogP contribution in [0.5, 0.6) is 5.75 Å². The number of fused-ring (bicyclic) bond motifs is 1. The van der Waals surface area contributed by atoms with Crippen LogP contribution in [0.1, 0.15) is 58.0 Å². The molecule has 1 saturated heterocycles. The number of alkyl halides is 3. The molecule has 4 rings (SSSR count). The van der Waals surface area contributed by atoms with E-state index in [4.69, 9.17) is 14.6 Å². The zero-order chi connectivity index (χ0) is 27.9. The summed E-state index contributed by atoms with van der Waals surface area (Å²) in [6, 6.07) is 13.6. The Labute approximate surface area is 218 Å². The molecule has 1 atom stereocenters. The number of hydrogen-bond acceptors (Lipinski definition) is 5. The number of carboxylic acid groups (broad SMARTS) is 1. The number of carbonyl (C=O) groups excluding carboxylic acids is 2. The van der Waals surface area contributed by atoms with Crippen LogP contribution in [0.2, 0.25) is 0 Å². The van der Waals surface area contributed by atoms with Crippen LogP contribution < -0.4 is 20.7 Å². The minimum Gasteiger partial charge on any atom is -0.491 e. The van der Waals surface area contributed by atoms with Gasteiger partial charge in [-0.1, -0.05) is 30.3 Å². The van der Waals surface area contributed by atoms with Crippen LogP contribution >= 0.6 is 0 Å². The summed E-state index contributed by atoms with van der Waals surface area (Å²) >= 11 is 0. The van der Waals surface area contributed by atoms with Gasteiger partial charge in [-0.3, -0.25) is 9.59 Å². The minimum atomic E-state index is -5.08. The second-order valence-corrected chi connectivity index (χ2v) is 9.51. The molecule has 2 aliphatic heterocycles. The first kappa shape index (κ1) is 29.0. The van der Waals surface area contributed by atoms with Gasteiger partial charge < -0.3 is 25.8 Å². The predicted octanol–water partition coefficient (Wildman–Crippen LogP) is 3.50. The summed E-state index contributed by atoms with van der Waals surface area (Å²) in [5, 5.41) is 16.2. The van der Waals surface area contributed by atoms with Gasteiger partial charge in [0.15, 0.2) is 0 Å². The molecule has 4 N–H and O–H groups in total. The zero-order valence-electron chi connectivity index (χ0n) is 21.3. The molecule has 11 heteroatoms. The molecule has 2 aliphatic rings. The van der Waals surface area contributed by atoms with Crippen molar-refractivity contribution in [3.63, 3.8) is 0 Å². The van der Waals surface area contributed by atoms with E-state index >= 15 is 0 Å². The molecule has 38 heavy (non-hydrogen) atoms. The average Bonchev–Trinajstić information content (AvgIpc) is 3.26. The zero-order valence-corrected chi connectivity index (χ0v) is 21.3. The smallest absolute Gasteiger partial charge is 0.490 e. The van der Waals surface area contributed by atoms with Crippen molar-refractivity contribution in [3.05, 3.63) is 64.7 Å². The first-order valence-electron chi connectivity index (χ1n) is 12.4. The Hall–Kier alpha value is -3.60. The number of carbonyl (C=O) groups is 3. The highest BCUT2D eigenvalue weighted by Gasteiger charge is 2.41. The molecular formula is C27H32F3N3O5. The van der Waals surface area contributed by atoms with Crippen LogP contribution in [0, 0.1) is 5.92 Å². The van der Waals surface area contributed by atoms with E-state index in [0.29, 0.717) is 35.9 Å². The van der Waals surface area contributed by atoms with Gasteiger partial charge >= 0.3 is 12.1 Å². The Bertz CT molecular complexity index is 1150. The van der Waals surface area contributed by atoms with Crippen molar-refractivity contribution in [2.24, 2.45) is 5.92 Å². The van der Waals surface area contributed by atoms with Crippen molar-refractivity contribution in [2.75, 3.05) is 33.3 Å². The molecule has 2 aromatic carbocycles. The first-order chi connectivity index (χ1) is 18.0. The van der Waals surface area contributed by atoms with Gasteiger partial charge in [0.2, 0.25) is 0 Å². The molecule has 206 valence electrons. The molecule has 0 aromatic heterocycles. The molecule has 0 saturated carbocycles. The quantitative estimate of drug-likeness (QED) is 0.450. The lowest BCUT2D eigenvalue weighted by atomic mass is 9.77. The highest BCUT2D eigenvalue weighted by Crippen LogP contribution is 2.45. The summed E-state index contributed by atoms with van der Waals surface area (Å²) in [6.45, 7) is 5.27. The largest absolute Gasteiger partial charge is 0.491 e. The van der Waals surface area contributed by atoms with Crippen LogP contribution in [-0.4, -0.2) is 62.4 Å². The Kier molecular flexibility index (Phi) is 9.37. The first-order valence-corrected chi connectivity index (χ1v) is 12.4. The van der Waals surface area contributed by atoms with E-state index in [2.05, 4.69) is 35.0 Å².